The molecule has 3 heteroatoms. The van der Waals surface area contributed by atoms with Crippen LogP contribution in [0.5, 0.6) is 0 Å². The molecular formula is C14H24O3. The van der Waals surface area contributed by atoms with E-state index in [1.54, 1.807) is 0 Å². The van der Waals surface area contributed by atoms with Crippen LogP contribution in [0.3, 0.4) is 0 Å². The highest BCUT2D eigenvalue weighted by Gasteiger charge is 2.13. The third-order valence-corrected chi connectivity index (χ3v) is 3.55. The van der Waals surface area contributed by atoms with Crippen molar-refractivity contribution in [3.8, 4) is 0 Å². The van der Waals surface area contributed by atoms with Crippen LogP contribution in [0.15, 0.2) is 0 Å². The highest BCUT2D eigenvalue weighted by Crippen LogP contribution is 2.19. The first kappa shape index (κ1) is 14.2. The molecule has 1 aliphatic carbocycles. The molecular weight excluding hydrogens is 216 g/mol. The van der Waals surface area contributed by atoms with E-state index in [1.165, 1.54) is 0 Å². The number of Topliss-reactive ketones (excluding diaryl/α,β-unsaturated/α-hetero) is 1. The first-order valence-corrected chi connectivity index (χ1v) is 6.75. The maximum Gasteiger partial charge on any atom is 0.305 e. The molecule has 1 heterocycles. The predicted molar refractivity (Wildman–Crippen MR) is 66.6 cm³/mol. The smallest absolute Gasteiger partial charge is 0.305 e. The van der Waals surface area contributed by atoms with E-state index in [1.807, 2.05) is 0 Å². The topological polar surface area (TPSA) is 43.4 Å². The van der Waals surface area contributed by atoms with E-state index < -0.39 is 0 Å². The molecule has 0 aromatic rings. The second kappa shape index (κ2) is 7.46. The van der Waals surface area contributed by atoms with Crippen molar-refractivity contribution >= 4 is 11.8 Å². The molecule has 98 valence electrons. The van der Waals surface area contributed by atoms with E-state index in [0.29, 0.717) is 24.7 Å². The van der Waals surface area contributed by atoms with Crippen LogP contribution in [-0.2, 0) is 14.3 Å². The van der Waals surface area contributed by atoms with E-state index in [4.69, 9.17) is 4.74 Å². The zero-order valence-electron chi connectivity index (χ0n) is 11.0. The summed E-state index contributed by atoms with van der Waals surface area (Å²) in [7, 11) is 0. The average molecular weight is 240 g/mol. The van der Waals surface area contributed by atoms with Crippen molar-refractivity contribution < 1.29 is 14.3 Å². The number of ketones is 1. The highest BCUT2D eigenvalue weighted by atomic mass is 16.5. The average Bonchev–Trinajstić information content (AvgIpc) is 2.49. The van der Waals surface area contributed by atoms with Crippen LogP contribution in [0.4, 0.5) is 0 Å². The van der Waals surface area contributed by atoms with Gasteiger partial charge in [0.25, 0.3) is 0 Å². The molecule has 1 aliphatic heterocycles. The first-order chi connectivity index (χ1) is 8.08. The Bertz CT molecular complexity index is 250. The largest absolute Gasteiger partial charge is 0.466 e. The lowest BCUT2D eigenvalue weighted by molar-refractivity contribution is -0.142. The number of carbonyl (C=O) groups excluding carboxylic acids is 2. The summed E-state index contributed by atoms with van der Waals surface area (Å²) < 4.78 is 4.83. The summed E-state index contributed by atoms with van der Waals surface area (Å²) in [6.45, 7) is 4.99. The Labute approximate surface area is 104 Å². The minimum absolute atomic E-state index is 0.0284. The van der Waals surface area contributed by atoms with Crippen molar-refractivity contribution in [2.45, 2.75) is 58.8 Å². The summed E-state index contributed by atoms with van der Waals surface area (Å²) in [4.78, 5) is 21.2. The van der Waals surface area contributed by atoms with Gasteiger partial charge in [-0.15, -0.1) is 0 Å². The molecule has 1 saturated heterocycles. The normalized spacial score (nSPS) is 26.6. The third kappa shape index (κ3) is 6.44. The van der Waals surface area contributed by atoms with Gasteiger partial charge in [-0.3, -0.25) is 9.59 Å². The fraction of sp³-hybridized carbons (Fsp3) is 0.857. The molecule has 1 saturated carbocycles. The number of hydrogen-bond acceptors (Lipinski definition) is 3. The van der Waals surface area contributed by atoms with Crippen molar-refractivity contribution in [3.05, 3.63) is 0 Å². The Kier molecular flexibility index (Phi) is 6.23. The Balaban J connectivity index is 0.000000171. The summed E-state index contributed by atoms with van der Waals surface area (Å²) in [6.07, 6.45) is 6.56. The number of ether oxygens (including phenoxy) is 1. The Morgan fingerprint density at radius 1 is 0.882 bits per heavy atom. The van der Waals surface area contributed by atoms with Crippen molar-refractivity contribution in [2.24, 2.45) is 11.8 Å². The Hall–Kier alpha value is -0.860. The maximum absolute atomic E-state index is 10.6. The van der Waals surface area contributed by atoms with Crippen LogP contribution in [-0.4, -0.2) is 18.4 Å². The number of cyclic esters (lactones) is 1. The van der Waals surface area contributed by atoms with Gasteiger partial charge < -0.3 is 4.74 Å². The number of hydrogen-bond donors (Lipinski definition) is 0. The number of rotatable bonds is 0. The molecule has 0 spiro atoms. The predicted octanol–water partition coefficient (Wildman–Crippen LogP) is 3.12. The van der Waals surface area contributed by atoms with Gasteiger partial charge in [-0.1, -0.05) is 13.8 Å². The van der Waals surface area contributed by atoms with Gasteiger partial charge >= 0.3 is 5.97 Å². The van der Waals surface area contributed by atoms with Gasteiger partial charge in [0.1, 0.15) is 5.78 Å². The van der Waals surface area contributed by atoms with E-state index >= 15 is 0 Å². The lowest BCUT2D eigenvalue weighted by Gasteiger charge is -2.14. The van der Waals surface area contributed by atoms with Crippen LogP contribution in [0.1, 0.15) is 58.8 Å². The molecule has 0 radical (unpaired) electrons. The molecule has 0 aromatic carbocycles. The summed E-state index contributed by atoms with van der Waals surface area (Å²) >= 11 is 0. The van der Waals surface area contributed by atoms with Gasteiger partial charge in [0, 0.05) is 19.3 Å². The highest BCUT2D eigenvalue weighted by molar-refractivity contribution is 5.78. The Morgan fingerprint density at radius 3 is 2.00 bits per heavy atom. The monoisotopic (exact) mass is 240 g/mol. The number of carbonyl (C=O) groups is 2. The molecule has 0 bridgehead atoms. The zero-order chi connectivity index (χ0) is 12.7. The molecule has 0 amide bonds. The molecule has 0 aromatic heterocycles. The van der Waals surface area contributed by atoms with Gasteiger partial charge in [-0.25, -0.2) is 0 Å². The summed E-state index contributed by atoms with van der Waals surface area (Å²) in [5.74, 6) is 1.90. The summed E-state index contributed by atoms with van der Waals surface area (Å²) in [6, 6.07) is 0. The summed E-state index contributed by atoms with van der Waals surface area (Å²) in [5, 5.41) is 0. The summed E-state index contributed by atoms with van der Waals surface area (Å²) in [5.41, 5.74) is 0. The second-order valence-electron chi connectivity index (χ2n) is 5.37. The van der Waals surface area contributed by atoms with Crippen LogP contribution >= 0.6 is 0 Å². The standard InChI is InChI=1S/C7H12O2.C7H12O/c1-6-2-3-7(8)9-5-4-6;1-6-2-4-7(8)5-3-6/h6H,2-5H2,1H3;6H,2-5H2,1H3/t6-;/m0./s1. The molecule has 17 heavy (non-hydrogen) atoms. The van der Waals surface area contributed by atoms with Crippen LogP contribution < -0.4 is 0 Å². The van der Waals surface area contributed by atoms with Crippen molar-refractivity contribution in [3.63, 3.8) is 0 Å². The van der Waals surface area contributed by atoms with Crippen LogP contribution in [0.2, 0.25) is 0 Å². The fourth-order valence-corrected chi connectivity index (χ4v) is 2.04. The molecule has 3 nitrogen and oxygen atoms in total. The molecule has 2 rings (SSSR count). The lowest BCUT2D eigenvalue weighted by Crippen LogP contribution is -2.10. The molecule has 0 N–H and O–H groups in total. The quantitative estimate of drug-likeness (QED) is 0.611. The van der Waals surface area contributed by atoms with Crippen LogP contribution in [0.25, 0.3) is 0 Å². The van der Waals surface area contributed by atoms with Gasteiger partial charge in [-0.2, -0.15) is 0 Å². The van der Waals surface area contributed by atoms with E-state index in [-0.39, 0.29) is 5.97 Å². The van der Waals surface area contributed by atoms with Gasteiger partial charge in [0.2, 0.25) is 0 Å². The number of esters is 1. The first-order valence-electron chi connectivity index (χ1n) is 6.75. The molecule has 2 aliphatic rings. The van der Waals surface area contributed by atoms with E-state index in [9.17, 15) is 9.59 Å². The molecule has 2 fully saturated rings. The van der Waals surface area contributed by atoms with E-state index in [2.05, 4.69) is 13.8 Å². The fourth-order valence-electron chi connectivity index (χ4n) is 2.04. The molecule has 1 atom stereocenters. The molecule has 0 unspecified atom stereocenters. The SMILES string of the molecule is CC1CCC(=O)CC1.C[C@@H]1CCOC(=O)CC1. The minimum atomic E-state index is -0.0284. The third-order valence-electron chi connectivity index (χ3n) is 3.55. The lowest BCUT2D eigenvalue weighted by atomic mass is 9.90. The van der Waals surface area contributed by atoms with Crippen LogP contribution in [0, 0.1) is 11.8 Å². The second-order valence-corrected chi connectivity index (χ2v) is 5.37. The van der Waals surface area contributed by atoms with Crippen molar-refractivity contribution in [1.82, 2.24) is 0 Å². The zero-order valence-corrected chi connectivity index (χ0v) is 11.0. The van der Waals surface area contributed by atoms with Crippen molar-refractivity contribution in [2.75, 3.05) is 6.61 Å². The minimum Gasteiger partial charge on any atom is -0.466 e. The van der Waals surface area contributed by atoms with Gasteiger partial charge in [0.05, 0.1) is 6.61 Å². The Morgan fingerprint density at radius 2 is 1.41 bits per heavy atom. The van der Waals surface area contributed by atoms with E-state index in [0.717, 1.165) is 44.4 Å². The maximum atomic E-state index is 10.6. The van der Waals surface area contributed by atoms with Gasteiger partial charge in [-0.05, 0) is 37.5 Å². The van der Waals surface area contributed by atoms with Crippen molar-refractivity contribution in [1.29, 1.82) is 0 Å². The van der Waals surface area contributed by atoms with Gasteiger partial charge in [0.15, 0.2) is 0 Å².